The van der Waals surface area contributed by atoms with E-state index in [0.29, 0.717) is 18.9 Å². The predicted molar refractivity (Wildman–Crippen MR) is 104 cm³/mol. The van der Waals surface area contributed by atoms with E-state index in [-0.39, 0.29) is 5.91 Å². The summed E-state index contributed by atoms with van der Waals surface area (Å²) in [5, 5.41) is 15.0. The van der Waals surface area contributed by atoms with Gasteiger partial charge in [0.05, 0.1) is 13.3 Å². The smallest absolute Gasteiger partial charge is 0.224 e. The molecule has 3 aromatic rings. The van der Waals surface area contributed by atoms with Crippen molar-refractivity contribution in [2.24, 2.45) is 0 Å². The van der Waals surface area contributed by atoms with Crippen molar-refractivity contribution in [3.63, 3.8) is 0 Å². The molecule has 1 aromatic carbocycles. The first-order valence-corrected chi connectivity index (χ1v) is 9.52. The second kappa shape index (κ2) is 8.24. The number of aryl methyl sites for hydroxylation is 1. The maximum atomic E-state index is 12.5. The van der Waals surface area contributed by atoms with Crippen LogP contribution in [-0.4, -0.2) is 56.0 Å². The second-order valence-electron chi connectivity index (χ2n) is 7.03. The number of piperidine rings is 1. The Labute approximate surface area is 163 Å². The molecule has 1 fully saturated rings. The lowest BCUT2D eigenvalue weighted by atomic mass is 9.89. The Kier molecular flexibility index (Phi) is 5.36. The summed E-state index contributed by atoms with van der Waals surface area (Å²) in [4.78, 5) is 14.4. The van der Waals surface area contributed by atoms with Gasteiger partial charge in [-0.05, 0) is 30.5 Å². The van der Waals surface area contributed by atoms with Gasteiger partial charge in [-0.25, -0.2) is 0 Å². The Morgan fingerprint density at radius 3 is 2.79 bits per heavy atom. The van der Waals surface area contributed by atoms with E-state index in [9.17, 15) is 4.79 Å². The van der Waals surface area contributed by atoms with E-state index in [0.717, 1.165) is 48.5 Å². The molecule has 0 spiro atoms. The lowest BCUT2D eigenvalue weighted by Crippen LogP contribution is -2.38. The van der Waals surface area contributed by atoms with Crippen molar-refractivity contribution in [3.8, 4) is 16.9 Å². The summed E-state index contributed by atoms with van der Waals surface area (Å²) < 4.78 is 7.17. The maximum absolute atomic E-state index is 12.5. The Morgan fingerprint density at radius 2 is 2.04 bits per heavy atom. The second-order valence-corrected chi connectivity index (χ2v) is 7.03. The third kappa shape index (κ3) is 3.90. The molecule has 0 aliphatic carbocycles. The van der Waals surface area contributed by atoms with Crippen molar-refractivity contribution in [1.29, 1.82) is 0 Å². The van der Waals surface area contributed by atoms with Crippen LogP contribution in [0, 0.1) is 0 Å². The summed E-state index contributed by atoms with van der Waals surface area (Å²) in [5.41, 5.74) is 3.34. The Bertz CT molecular complexity index is 912. The van der Waals surface area contributed by atoms with Gasteiger partial charge in [0.15, 0.2) is 0 Å². The van der Waals surface area contributed by atoms with Crippen molar-refractivity contribution in [2.75, 3.05) is 20.2 Å². The number of hydrogen-bond donors (Lipinski definition) is 1. The molecular weight excluding hydrogens is 356 g/mol. The summed E-state index contributed by atoms with van der Waals surface area (Å²) in [6.07, 6.45) is 7.48. The molecule has 8 heteroatoms. The molecule has 0 radical (unpaired) electrons. The van der Waals surface area contributed by atoms with E-state index in [2.05, 4.69) is 26.5 Å². The van der Waals surface area contributed by atoms with E-state index in [1.807, 2.05) is 33.9 Å². The van der Waals surface area contributed by atoms with Crippen molar-refractivity contribution >= 4 is 5.91 Å². The number of nitrogens with one attached hydrogen (secondary N) is 1. The fourth-order valence-corrected chi connectivity index (χ4v) is 3.77. The van der Waals surface area contributed by atoms with Crippen LogP contribution in [0.4, 0.5) is 0 Å². The number of ether oxygens (including phenoxy) is 1. The molecule has 0 atom stereocenters. The van der Waals surface area contributed by atoms with Crippen molar-refractivity contribution in [3.05, 3.63) is 48.8 Å². The van der Waals surface area contributed by atoms with Gasteiger partial charge in [0.2, 0.25) is 5.91 Å². The highest BCUT2D eigenvalue weighted by atomic mass is 16.5. The van der Waals surface area contributed by atoms with Gasteiger partial charge in [-0.3, -0.25) is 9.89 Å². The SMILES string of the molecule is COc1cccc(-c2cn[nH]c2C2CCN(C(=O)CCn3cnnc3)CC2)c1. The quantitative estimate of drug-likeness (QED) is 0.710. The van der Waals surface area contributed by atoms with Crippen LogP contribution in [0.25, 0.3) is 11.1 Å². The number of rotatable bonds is 6. The minimum atomic E-state index is 0.185. The summed E-state index contributed by atoms with van der Waals surface area (Å²) >= 11 is 0. The lowest BCUT2D eigenvalue weighted by Gasteiger charge is -2.32. The minimum Gasteiger partial charge on any atom is -0.497 e. The van der Waals surface area contributed by atoms with E-state index in [1.54, 1.807) is 19.8 Å². The van der Waals surface area contributed by atoms with E-state index < -0.39 is 0 Å². The minimum absolute atomic E-state index is 0.185. The van der Waals surface area contributed by atoms with Crippen LogP contribution in [0.3, 0.4) is 0 Å². The number of nitrogens with zero attached hydrogens (tertiary/aromatic N) is 5. The van der Waals surface area contributed by atoms with Crippen molar-refractivity contribution < 1.29 is 9.53 Å². The number of carbonyl (C=O) groups excluding carboxylic acids is 1. The zero-order valence-electron chi connectivity index (χ0n) is 15.9. The normalized spacial score (nSPS) is 15.0. The van der Waals surface area contributed by atoms with Gasteiger partial charge in [-0.15, -0.1) is 10.2 Å². The molecule has 3 heterocycles. The standard InChI is InChI=1S/C20H24N6O2/c1-28-17-4-2-3-16(11-17)18-12-21-24-20(18)15-5-9-26(10-6-15)19(27)7-8-25-13-22-23-14-25/h2-4,11-15H,5-10H2,1H3,(H,21,24). The number of benzene rings is 1. The Hall–Kier alpha value is -3.16. The first kappa shape index (κ1) is 18.2. The highest BCUT2D eigenvalue weighted by Gasteiger charge is 2.26. The molecule has 4 rings (SSSR count). The molecule has 1 amide bonds. The molecule has 0 bridgehead atoms. The van der Waals surface area contributed by atoms with Crippen LogP contribution in [0.15, 0.2) is 43.1 Å². The van der Waals surface area contributed by atoms with Crippen LogP contribution < -0.4 is 4.74 Å². The van der Waals surface area contributed by atoms with E-state index in [4.69, 9.17) is 4.74 Å². The maximum Gasteiger partial charge on any atom is 0.224 e. The van der Waals surface area contributed by atoms with Gasteiger partial charge >= 0.3 is 0 Å². The highest BCUT2D eigenvalue weighted by molar-refractivity contribution is 5.76. The number of H-pyrrole nitrogens is 1. The van der Waals surface area contributed by atoms with Crippen LogP contribution in [0.2, 0.25) is 0 Å². The third-order valence-corrected chi connectivity index (χ3v) is 5.36. The molecule has 146 valence electrons. The lowest BCUT2D eigenvalue weighted by molar-refractivity contribution is -0.132. The molecule has 0 unspecified atom stereocenters. The zero-order chi connectivity index (χ0) is 19.3. The van der Waals surface area contributed by atoms with E-state index >= 15 is 0 Å². The first-order chi connectivity index (χ1) is 13.7. The van der Waals surface area contributed by atoms with Crippen LogP contribution in [0.5, 0.6) is 5.75 Å². The number of aromatic nitrogens is 5. The van der Waals surface area contributed by atoms with Gasteiger partial charge in [0.1, 0.15) is 18.4 Å². The number of likely N-dealkylation sites (tertiary alicyclic amines) is 1. The molecular formula is C20H24N6O2. The van der Waals surface area contributed by atoms with Gasteiger partial charge in [-0.2, -0.15) is 5.10 Å². The Balaban J connectivity index is 1.38. The fourth-order valence-electron chi connectivity index (χ4n) is 3.77. The molecule has 8 nitrogen and oxygen atoms in total. The highest BCUT2D eigenvalue weighted by Crippen LogP contribution is 2.35. The number of hydrogen-bond acceptors (Lipinski definition) is 5. The number of aromatic amines is 1. The fraction of sp³-hybridized carbons (Fsp3) is 0.400. The largest absolute Gasteiger partial charge is 0.497 e. The molecule has 28 heavy (non-hydrogen) atoms. The summed E-state index contributed by atoms with van der Waals surface area (Å²) in [5.74, 6) is 1.38. The average molecular weight is 380 g/mol. The zero-order valence-corrected chi connectivity index (χ0v) is 15.9. The number of methoxy groups -OCH3 is 1. The van der Waals surface area contributed by atoms with Gasteiger partial charge < -0.3 is 14.2 Å². The topological polar surface area (TPSA) is 88.9 Å². The van der Waals surface area contributed by atoms with Crippen LogP contribution >= 0.6 is 0 Å². The van der Waals surface area contributed by atoms with E-state index in [1.165, 1.54) is 0 Å². The van der Waals surface area contributed by atoms with Gasteiger partial charge in [-0.1, -0.05) is 12.1 Å². The predicted octanol–water partition coefficient (Wildman–Crippen LogP) is 2.47. The summed E-state index contributed by atoms with van der Waals surface area (Å²) in [6.45, 7) is 2.15. The first-order valence-electron chi connectivity index (χ1n) is 9.52. The third-order valence-electron chi connectivity index (χ3n) is 5.36. The van der Waals surface area contributed by atoms with Crippen molar-refractivity contribution in [1.82, 2.24) is 29.9 Å². The van der Waals surface area contributed by atoms with Crippen LogP contribution in [0.1, 0.15) is 30.9 Å². The monoisotopic (exact) mass is 380 g/mol. The molecule has 1 saturated heterocycles. The number of amides is 1. The van der Waals surface area contributed by atoms with Crippen LogP contribution in [-0.2, 0) is 11.3 Å². The summed E-state index contributed by atoms with van der Waals surface area (Å²) in [6, 6.07) is 8.02. The van der Waals surface area contributed by atoms with Gasteiger partial charge in [0.25, 0.3) is 0 Å². The molecule has 1 aliphatic rings. The van der Waals surface area contributed by atoms with Gasteiger partial charge in [0, 0.05) is 43.2 Å². The molecule has 1 N–H and O–H groups in total. The summed E-state index contributed by atoms with van der Waals surface area (Å²) in [7, 11) is 1.67. The molecule has 2 aromatic heterocycles. The average Bonchev–Trinajstić information content (AvgIpc) is 3.44. The Morgan fingerprint density at radius 1 is 1.25 bits per heavy atom. The molecule has 1 aliphatic heterocycles. The van der Waals surface area contributed by atoms with Crippen molar-refractivity contribution in [2.45, 2.75) is 31.7 Å². The molecule has 0 saturated carbocycles. The number of carbonyl (C=O) groups is 1.